The fraction of sp³-hybridized carbons (Fsp3) is 0.375. The molecule has 0 unspecified atom stereocenters. The van der Waals surface area contributed by atoms with Gasteiger partial charge in [0.05, 0.1) is 23.4 Å². The van der Waals surface area contributed by atoms with E-state index in [0.29, 0.717) is 5.92 Å². The molecule has 3 heterocycles. The molecule has 1 fully saturated rings. The summed E-state index contributed by atoms with van der Waals surface area (Å²) in [6, 6.07) is 12.8. The predicted octanol–water partition coefficient (Wildman–Crippen LogP) is 4.27. The van der Waals surface area contributed by atoms with Gasteiger partial charge in [0.25, 0.3) is 0 Å². The Labute approximate surface area is 176 Å². The number of aliphatic hydroxyl groups excluding tert-OH is 1. The molecular formula is C24H27N5O. The van der Waals surface area contributed by atoms with Crippen LogP contribution in [0.5, 0.6) is 0 Å². The van der Waals surface area contributed by atoms with Gasteiger partial charge in [-0.2, -0.15) is 0 Å². The van der Waals surface area contributed by atoms with E-state index >= 15 is 0 Å². The van der Waals surface area contributed by atoms with Crippen LogP contribution in [0.2, 0.25) is 0 Å². The molecule has 0 spiro atoms. The van der Waals surface area contributed by atoms with Crippen molar-refractivity contribution < 1.29 is 5.11 Å². The van der Waals surface area contributed by atoms with Gasteiger partial charge in [-0.15, -0.1) is 0 Å². The molecule has 4 aromatic rings. The zero-order valence-corrected chi connectivity index (χ0v) is 17.4. The molecule has 5 rings (SSSR count). The van der Waals surface area contributed by atoms with Crippen LogP contribution < -0.4 is 5.32 Å². The molecule has 0 saturated heterocycles. The molecule has 3 atom stereocenters. The second-order valence-corrected chi connectivity index (χ2v) is 8.40. The summed E-state index contributed by atoms with van der Waals surface area (Å²) in [6.07, 6.45) is 7.21. The van der Waals surface area contributed by atoms with Crippen LogP contribution in [0.3, 0.4) is 0 Å². The van der Waals surface area contributed by atoms with E-state index in [-0.39, 0.29) is 12.1 Å². The van der Waals surface area contributed by atoms with Gasteiger partial charge < -0.3 is 15.0 Å². The summed E-state index contributed by atoms with van der Waals surface area (Å²) >= 11 is 0. The number of hydrogen-bond donors (Lipinski definition) is 2. The lowest BCUT2D eigenvalue weighted by Gasteiger charge is -2.17. The predicted molar refractivity (Wildman–Crippen MR) is 120 cm³/mol. The molecule has 1 aromatic carbocycles. The van der Waals surface area contributed by atoms with Crippen molar-refractivity contribution in [2.75, 3.05) is 12.4 Å². The maximum absolute atomic E-state index is 10.8. The van der Waals surface area contributed by atoms with Crippen molar-refractivity contribution in [1.29, 1.82) is 0 Å². The standard InChI is InChI=1S/C24H27N5O/c1-15-19-9-10-29(24(19)27-14-26-15)21-12-17(13-22(21)30)4-3-16-5-6-18-7-8-23(25-2)28-20(18)11-16/h5-11,14,17,21-22,30H,3-4,12-13H2,1-2H3,(H,25,28)/t17-,21+,22+/m0/s1. The number of nitrogens with zero attached hydrogens (tertiary/aromatic N) is 4. The minimum Gasteiger partial charge on any atom is -0.391 e. The highest BCUT2D eigenvalue weighted by Gasteiger charge is 2.34. The molecule has 3 aromatic heterocycles. The minimum absolute atomic E-state index is 0.0817. The number of nitrogens with one attached hydrogen (secondary N) is 1. The van der Waals surface area contributed by atoms with Crippen LogP contribution in [0.4, 0.5) is 5.82 Å². The molecule has 1 aliphatic rings. The van der Waals surface area contributed by atoms with Gasteiger partial charge in [-0.1, -0.05) is 12.1 Å². The van der Waals surface area contributed by atoms with Gasteiger partial charge in [0, 0.05) is 24.0 Å². The van der Waals surface area contributed by atoms with Crippen LogP contribution in [-0.4, -0.2) is 37.8 Å². The Morgan fingerprint density at radius 1 is 1.13 bits per heavy atom. The zero-order valence-electron chi connectivity index (χ0n) is 17.4. The lowest BCUT2D eigenvalue weighted by atomic mass is 9.97. The summed E-state index contributed by atoms with van der Waals surface area (Å²) in [7, 11) is 1.89. The topological polar surface area (TPSA) is 75.9 Å². The Morgan fingerprint density at radius 3 is 2.87 bits per heavy atom. The number of aryl methyl sites for hydroxylation is 2. The Kier molecular flexibility index (Phi) is 4.87. The maximum atomic E-state index is 10.8. The first-order valence-electron chi connectivity index (χ1n) is 10.7. The van der Waals surface area contributed by atoms with Gasteiger partial charge in [0.1, 0.15) is 17.8 Å². The van der Waals surface area contributed by atoms with Crippen molar-refractivity contribution in [3.63, 3.8) is 0 Å². The third-order valence-electron chi connectivity index (χ3n) is 6.51. The summed E-state index contributed by atoms with van der Waals surface area (Å²) in [4.78, 5) is 13.4. The first kappa shape index (κ1) is 19.0. The number of aliphatic hydroxyl groups is 1. The fourth-order valence-electron chi connectivity index (χ4n) is 4.82. The second-order valence-electron chi connectivity index (χ2n) is 8.40. The molecule has 6 heteroatoms. The van der Waals surface area contributed by atoms with Crippen LogP contribution in [0, 0.1) is 12.8 Å². The quantitative estimate of drug-likeness (QED) is 0.522. The van der Waals surface area contributed by atoms with Gasteiger partial charge in [0.15, 0.2) is 0 Å². The van der Waals surface area contributed by atoms with Crippen molar-refractivity contribution in [1.82, 2.24) is 19.5 Å². The Morgan fingerprint density at radius 2 is 2.00 bits per heavy atom. The molecule has 6 nitrogen and oxygen atoms in total. The highest BCUT2D eigenvalue weighted by Crippen LogP contribution is 2.39. The van der Waals surface area contributed by atoms with Crippen molar-refractivity contribution in [3.8, 4) is 0 Å². The van der Waals surface area contributed by atoms with E-state index in [1.807, 2.05) is 20.0 Å². The number of fused-ring (bicyclic) bond motifs is 2. The smallest absolute Gasteiger partial charge is 0.143 e. The van der Waals surface area contributed by atoms with Crippen LogP contribution in [0.15, 0.2) is 48.9 Å². The van der Waals surface area contributed by atoms with Crippen molar-refractivity contribution >= 4 is 27.8 Å². The molecule has 0 bridgehead atoms. The van der Waals surface area contributed by atoms with E-state index in [1.165, 1.54) is 5.56 Å². The van der Waals surface area contributed by atoms with E-state index < -0.39 is 0 Å². The van der Waals surface area contributed by atoms with E-state index in [4.69, 9.17) is 0 Å². The number of pyridine rings is 1. The summed E-state index contributed by atoms with van der Waals surface area (Å²) in [5.41, 5.74) is 4.23. The van der Waals surface area contributed by atoms with Crippen molar-refractivity contribution in [2.45, 2.75) is 44.8 Å². The lowest BCUT2D eigenvalue weighted by molar-refractivity contribution is 0.136. The first-order valence-corrected chi connectivity index (χ1v) is 10.7. The number of hydrogen-bond acceptors (Lipinski definition) is 5. The number of benzene rings is 1. The number of aromatic nitrogens is 4. The molecule has 0 amide bonds. The molecule has 154 valence electrons. The van der Waals surface area contributed by atoms with Crippen LogP contribution in [0.1, 0.15) is 36.6 Å². The van der Waals surface area contributed by atoms with Gasteiger partial charge in [-0.25, -0.2) is 15.0 Å². The van der Waals surface area contributed by atoms with Gasteiger partial charge >= 0.3 is 0 Å². The summed E-state index contributed by atoms with van der Waals surface area (Å²) in [5.74, 6) is 1.39. The summed E-state index contributed by atoms with van der Waals surface area (Å²) < 4.78 is 2.15. The highest BCUT2D eigenvalue weighted by molar-refractivity contribution is 5.81. The summed E-state index contributed by atoms with van der Waals surface area (Å²) in [6.45, 7) is 2.00. The van der Waals surface area contributed by atoms with Gasteiger partial charge in [-0.3, -0.25) is 0 Å². The Bertz CT molecular complexity index is 1200. The van der Waals surface area contributed by atoms with Crippen LogP contribution >= 0.6 is 0 Å². The Hall–Kier alpha value is -2.99. The SMILES string of the molecule is CNc1ccc2ccc(CC[C@@H]3C[C@@H](O)[C@H](n4ccc5c(C)ncnc54)C3)cc2n1. The zero-order chi connectivity index (χ0) is 20.7. The average Bonchev–Trinajstić information content (AvgIpc) is 3.35. The van der Waals surface area contributed by atoms with E-state index in [1.54, 1.807) is 6.33 Å². The van der Waals surface area contributed by atoms with E-state index in [0.717, 1.165) is 59.1 Å². The Balaban J connectivity index is 1.30. The average molecular weight is 402 g/mol. The third-order valence-corrected chi connectivity index (χ3v) is 6.51. The summed E-state index contributed by atoms with van der Waals surface area (Å²) in [5, 5.41) is 16.1. The highest BCUT2D eigenvalue weighted by atomic mass is 16.3. The van der Waals surface area contributed by atoms with Gasteiger partial charge in [0.2, 0.25) is 0 Å². The lowest BCUT2D eigenvalue weighted by Crippen LogP contribution is -2.17. The minimum atomic E-state index is -0.336. The second kappa shape index (κ2) is 7.69. The van der Waals surface area contributed by atoms with E-state index in [9.17, 15) is 5.11 Å². The first-order chi connectivity index (χ1) is 14.6. The normalized spacial score (nSPS) is 21.5. The maximum Gasteiger partial charge on any atom is 0.143 e. The molecule has 1 saturated carbocycles. The number of rotatable bonds is 5. The molecule has 1 aliphatic carbocycles. The van der Waals surface area contributed by atoms with Crippen LogP contribution in [-0.2, 0) is 6.42 Å². The molecular weight excluding hydrogens is 374 g/mol. The third kappa shape index (κ3) is 3.41. The molecule has 0 radical (unpaired) electrons. The fourth-order valence-corrected chi connectivity index (χ4v) is 4.82. The molecule has 0 aliphatic heterocycles. The largest absolute Gasteiger partial charge is 0.391 e. The van der Waals surface area contributed by atoms with E-state index in [2.05, 4.69) is 61.4 Å². The van der Waals surface area contributed by atoms with Gasteiger partial charge in [-0.05, 0) is 68.4 Å². The molecule has 2 N–H and O–H groups in total. The number of anilines is 1. The molecule has 30 heavy (non-hydrogen) atoms. The monoisotopic (exact) mass is 401 g/mol. The van der Waals surface area contributed by atoms with Crippen LogP contribution in [0.25, 0.3) is 21.9 Å². The van der Waals surface area contributed by atoms with Crippen molar-refractivity contribution in [3.05, 3.63) is 60.2 Å². The van der Waals surface area contributed by atoms with Crippen molar-refractivity contribution in [2.24, 2.45) is 5.92 Å².